The van der Waals surface area contributed by atoms with E-state index in [0.29, 0.717) is 5.65 Å². The van der Waals surface area contributed by atoms with E-state index in [4.69, 9.17) is 0 Å². The van der Waals surface area contributed by atoms with Crippen molar-refractivity contribution >= 4 is 17.4 Å². The minimum Gasteiger partial charge on any atom is -0.244 e. The van der Waals surface area contributed by atoms with Crippen molar-refractivity contribution in [1.29, 1.82) is 0 Å². The van der Waals surface area contributed by atoms with Crippen LogP contribution in [0.4, 0.5) is 0 Å². The molecule has 0 unspecified atom stereocenters. The summed E-state index contributed by atoms with van der Waals surface area (Å²) < 4.78 is 1.26. The number of aromatic nitrogens is 4. The molecule has 0 atom stereocenters. The second-order valence-corrected chi connectivity index (χ2v) is 4.98. The smallest absolute Gasteiger partial charge is 0.244 e. The lowest BCUT2D eigenvalue weighted by molar-refractivity contribution is 0.820. The Hall–Kier alpha value is -2.08. The molecule has 0 aliphatic rings. The van der Waals surface area contributed by atoms with E-state index in [2.05, 4.69) is 21.4 Å². The van der Waals surface area contributed by atoms with Crippen molar-refractivity contribution in [2.45, 2.75) is 16.8 Å². The molecule has 1 N–H and O–H groups in total. The molecular formula is C12H10N4OS. The zero-order valence-electron chi connectivity index (χ0n) is 9.62. The molecule has 0 spiro atoms. The van der Waals surface area contributed by atoms with Gasteiger partial charge in [0.25, 0.3) is 0 Å². The molecule has 5 nitrogen and oxygen atoms in total. The highest BCUT2D eigenvalue weighted by Gasteiger charge is 2.04. The van der Waals surface area contributed by atoms with Gasteiger partial charge in [0.05, 0.1) is 0 Å². The summed E-state index contributed by atoms with van der Waals surface area (Å²) in [4.78, 5) is 12.5. The molecular weight excluding hydrogens is 248 g/mol. The van der Waals surface area contributed by atoms with Gasteiger partial charge in [-0.15, -0.1) is 0 Å². The first-order valence-electron chi connectivity index (χ1n) is 5.41. The van der Waals surface area contributed by atoms with Crippen LogP contribution in [0.15, 0.2) is 51.1 Å². The number of nitrogens with zero attached hydrogens (tertiary/aromatic N) is 3. The molecule has 18 heavy (non-hydrogen) atoms. The van der Waals surface area contributed by atoms with Crippen molar-refractivity contribution in [3.8, 4) is 0 Å². The van der Waals surface area contributed by atoms with Gasteiger partial charge in [-0.2, -0.15) is 14.7 Å². The monoisotopic (exact) mass is 258 g/mol. The van der Waals surface area contributed by atoms with E-state index in [-0.39, 0.29) is 5.69 Å². The van der Waals surface area contributed by atoms with E-state index in [0.717, 1.165) is 9.92 Å². The fourth-order valence-corrected chi connectivity index (χ4v) is 2.53. The van der Waals surface area contributed by atoms with Gasteiger partial charge >= 0.3 is 5.69 Å². The van der Waals surface area contributed by atoms with Gasteiger partial charge in [0.2, 0.25) is 0 Å². The van der Waals surface area contributed by atoms with Gasteiger partial charge in [0.1, 0.15) is 5.03 Å². The Morgan fingerprint density at radius 1 is 1.28 bits per heavy atom. The molecule has 0 aliphatic heterocycles. The normalized spacial score (nSPS) is 10.9. The van der Waals surface area contributed by atoms with Crippen molar-refractivity contribution in [3.05, 3.63) is 52.4 Å². The Bertz CT molecular complexity index is 762. The minimum atomic E-state index is -0.323. The Morgan fingerprint density at radius 3 is 3.00 bits per heavy atom. The SMILES string of the molecule is Cc1cccc(Sc2ccc3n[nH]c(=O)n3n2)c1. The lowest BCUT2D eigenvalue weighted by Gasteiger charge is -2.01. The van der Waals surface area contributed by atoms with Gasteiger partial charge < -0.3 is 0 Å². The zero-order valence-corrected chi connectivity index (χ0v) is 10.4. The van der Waals surface area contributed by atoms with Gasteiger partial charge in [0.15, 0.2) is 5.65 Å². The van der Waals surface area contributed by atoms with Gasteiger partial charge in [-0.25, -0.2) is 9.89 Å². The number of hydrogen-bond acceptors (Lipinski definition) is 4. The molecule has 0 saturated heterocycles. The second-order valence-electron chi connectivity index (χ2n) is 3.89. The maximum absolute atomic E-state index is 11.4. The summed E-state index contributed by atoms with van der Waals surface area (Å²) in [5.74, 6) is 0. The average molecular weight is 258 g/mol. The standard InChI is InChI=1S/C12H10N4OS/c1-8-3-2-4-9(7-8)18-11-6-5-10-13-14-12(17)16(10)15-11/h2-7H,1H3,(H,14,17). The lowest BCUT2D eigenvalue weighted by Crippen LogP contribution is -2.12. The number of hydrogen-bond donors (Lipinski definition) is 1. The summed E-state index contributed by atoms with van der Waals surface area (Å²) in [7, 11) is 0. The third-order valence-corrected chi connectivity index (χ3v) is 3.38. The van der Waals surface area contributed by atoms with E-state index in [9.17, 15) is 4.79 Å². The van der Waals surface area contributed by atoms with Crippen molar-refractivity contribution in [3.63, 3.8) is 0 Å². The average Bonchev–Trinajstić information content (AvgIpc) is 2.71. The summed E-state index contributed by atoms with van der Waals surface area (Å²) in [6.07, 6.45) is 0. The highest BCUT2D eigenvalue weighted by Crippen LogP contribution is 2.26. The number of rotatable bonds is 2. The maximum atomic E-state index is 11.4. The van der Waals surface area contributed by atoms with Crippen LogP contribution >= 0.6 is 11.8 Å². The van der Waals surface area contributed by atoms with E-state index in [1.54, 1.807) is 6.07 Å². The molecule has 0 aliphatic carbocycles. The third kappa shape index (κ3) is 2.02. The highest BCUT2D eigenvalue weighted by atomic mass is 32.2. The molecule has 1 aromatic carbocycles. The largest absolute Gasteiger partial charge is 0.364 e. The van der Waals surface area contributed by atoms with Crippen LogP contribution in [-0.4, -0.2) is 19.8 Å². The number of nitrogens with one attached hydrogen (secondary N) is 1. The number of fused-ring (bicyclic) bond motifs is 1. The summed E-state index contributed by atoms with van der Waals surface area (Å²) in [6.45, 7) is 2.04. The Morgan fingerprint density at radius 2 is 2.17 bits per heavy atom. The molecule has 2 heterocycles. The van der Waals surface area contributed by atoms with Crippen molar-refractivity contribution < 1.29 is 0 Å². The van der Waals surface area contributed by atoms with Crippen LogP contribution in [0.5, 0.6) is 0 Å². The number of aryl methyl sites for hydroxylation is 1. The number of aromatic amines is 1. The zero-order chi connectivity index (χ0) is 12.5. The van der Waals surface area contributed by atoms with Crippen molar-refractivity contribution in [2.75, 3.05) is 0 Å². The van der Waals surface area contributed by atoms with Gasteiger partial charge in [-0.3, -0.25) is 0 Å². The van der Waals surface area contributed by atoms with Crippen LogP contribution in [0.3, 0.4) is 0 Å². The number of benzene rings is 1. The van der Waals surface area contributed by atoms with E-state index >= 15 is 0 Å². The lowest BCUT2D eigenvalue weighted by atomic mass is 10.2. The first-order chi connectivity index (χ1) is 8.72. The Labute approximate surface area is 107 Å². The van der Waals surface area contributed by atoms with Crippen LogP contribution in [0.2, 0.25) is 0 Å². The molecule has 2 aromatic heterocycles. The van der Waals surface area contributed by atoms with Crippen LogP contribution < -0.4 is 5.69 Å². The van der Waals surface area contributed by atoms with E-state index in [1.165, 1.54) is 21.8 Å². The fourth-order valence-electron chi connectivity index (χ4n) is 1.64. The topological polar surface area (TPSA) is 63.0 Å². The fraction of sp³-hybridized carbons (Fsp3) is 0.0833. The Balaban J connectivity index is 1.99. The van der Waals surface area contributed by atoms with Gasteiger partial charge in [-0.1, -0.05) is 29.5 Å². The Kier molecular flexibility index (Phi) is 2.64. The highest BCUT2D eigenvalue weighted by molar-refractivity contribution is 7.99. The first kappa shape index (κ1) is 11.0. The molecule has 0 radical (unpaired) electrons. The van der Waals surface area contributed by atoms with Crippen LogP contribution in [0.1, 0.15) is 5.56 Å². The van der Waals surface area contributed by atoms with E-state index < -0.39 is 0 Å². The van der Waals surface area contributed by atoms with Crippen molar-refractivity contribution in [1.82, 2.24) is 19.8 Å². The molecule has 3 aromatic rings. The number of H-pyrrole nitrogens is 1. The third-order valence-electron chi connectivity index (χ3n) is 2.46. The van der Waals surface area contributed by atoms with Crippen LogP contribution in [0, 0.1) is 6.92 Å². The molecule has 0 fully saturated rings. The molecule has 90 valence electrons. The van der Waals surface area contributed by atoms with Crippen LogP contribution in [0.25, 0.3) is 5.65 Å². The summed E-state index contributed by atoms with van der Waals surface area (Å²) in [6, 6.07) is 11.8. The molecule has 3 rings (SSSR count). The quantitative estimate of drug-likeness (QED) is 0.762. The molecule has 0 bridgehead atoms. The predicted octanol–water partition coefficient (Wildman–Crippen LogP) is 1.88. The molecule has 0 saturated carbocycles. The van der Waals surface area contributed by atoms with Gasteiger partial charge in [-0.05, 0) is 31.2 Å². The molecule has 0 amide bonds. The first-order valence-corrected chi connectivity index (χ1v) is 6.23. The maximum Gasteiger partial charge on any atom is 0.364 e. The van der Waals surface area contributed by atoms with Crippen molar-refractivity contribution in [2.24, 2.45) is 0 Å². The summed E-state index contributed by atoms with van der Waals surface area (Å²) in [5.41, 5.74) is 1.40. The van der Waals surface area contributed by atoms with E-state index in [1.807, 2.05) is 31.2 Å². The van der Waals surface area contributed by atoms with Gasteiger partial charge in [0, 0.05) is 4.90 Å². The summed E-state index contributed by atoms with van der Waals surface area (Å²) in [5, 5.41) is 11.2. The predicted molar refractivity (Wildman–Crippen MR) is 68.9 cm³/mol. The second kappa shape index (κ2) is 4.30. The minimum absolute atomic E-state index is 0.323. The molecule has 6 heteroatoms. The van der Waals surface area contributed by atoms with Crippen LogP contribution in [-0.2, 0) is 0 Å². The summed E-state index contributed by atoms with van der Waals surface area (Å²) >= 11 is 1.52.